The van der Waals surface area contributed by atoms with Crippen molar-refractivity contribution in [1.82, 2.24) is 5.32 Å². The Hall–Kier alpha value is -1.50. The second-order valence-corrected chi connectivity index (χ2v) is 6.35. The maximum absolute atomic E-state index is 13.7. The summed E-state index contributed by atoms with van der Waals surface area (Å²) in [4.78, 5) is 12.8. The van der Waals surface area contributed by atoms with Crippen LogP contribution in [-0.2, 0) is 4.74 Å². The fourth-order valence-electron chi connectivity index (χ4n) is 2.52. The van der Waals surface area contributed by atoms with E-state index in [4.69, 9.17) is 4.74 Å². The van der Waals surface area contributed by atoms with Gasteiger partial charge in [-0.15, -0.1) is 11.3 Å². The number of amides is 1. The molecule has 0 atom stereocenters. The van der Waals surface area contributed by atoms with Crippen molar-refractivity contribution in [2.75, 3.05) is 19.8 Å². The molecule has 1 aromatic heterocycles. The van der Waals surface area contributed by atoms with E-state index in [1.54, 1.807) is 18.2 Å². The summed E-state index contributed by atoms with van der Waals surface area (Å²) in [5, 5.41) is 12.9. The van der Waals surface area contributed by atoms with Crippen LogP contribution in [0.25, 0.3) is 10.1 Å². The van der Waals surface area contributed by atoms with Crippen LogP contribution in [0.15, 0.2) is 24.3 Å². The molecule has 1 aliphatic rings. The summed E-state index contributed by atoms with van der Waals surface area (Å²) in [7, 11) is 0. The van der Waals surface area contributed by atoms with Crippen LogP contribution >= 0.6 is 11.3 Å². The number of ether oxygens (including phenoxy) is 1. The average Bonchev–Trinajstić information content (AvgIpc) is 2.94. The predicted molar refractivity (Wildman–Crippen MR) is 79.1 cm³/mol. The van der Waals surface area contributed by atoms with E-state index in [1.807, 2.05) is 0 Å². The van der Waals surface area contributed by atoms with Gasteiger partial charge in [-0.3, -0.25) is 4.79 Å². The third-order valence-corrected chi connectivity index (χ3v) is 4.96. The lowest BCUT2D eigenvalue weighted by molar-refractivity contribution is 0.0126. The number of hydrogen-bond donors (Lipinski definition) is 2. The first-order chi connectivity index (χ1) is 10.1. The molecular weight excluding hydrogens is 293 g/mol. The average molecular weight is 309 g/mol. The Bertz CT molecular complexity index is 664. The van der Waals surface area contributed by atoms with Gasteiger partial charge in [0.25, 0.3) is 5.91 Å². The number of fused-ring (bicyclic) bond motifs is 1. The molecule has 4 nitrogen and oxygen atoms in total. The number of nitrogens with one attached hydrogen (secondary N) is 1. The maximum Gasteiger partial charge on any atom is 0.261 e. The standard InChI is InChI=1S/C15H16FNO3S/c16-11-2-1-3-12-10(11)8-13(21-12)14(19)17-15(9-18)4-6-20-7-5-15/h1-3,8,18H,4-7,9H2,(H,17,19). The Morgan fingerprint density at radius 1 is 1.43 bits per heavy atom. The second kappa shape index (κ2) is 5.71. The molecule has 2 heterocycles. The Balaban J connectivity index is 1.84. The summed E-state index contributed by atoms with van der Waals surface area (Å²) in [6, 6.07) is 6.36. The van der Waals surface area contributed by atoms with Crippen LogP contribution in [0.1, 0.15) is 22.5 Å². The number of thiophene rings is 1. The van der Waals surface area contributed by atoms with E-state index in [9.17, 15) is 14.3 Å². The fraction of sp³-hybridized carbons (Fsp3) is 0.400. The third kappa shape index (κ3) is 2.79. The molecule has 0 unspecified atom stereocenters. The molecule has 3 rings (SSSR count). The van der Waals surface area contributed by atoms with Gasteiger partial charge in [0.1, 0.15) is 5.82 Å². The topological polar surface area (TPSA) is 58.6 Å². The molecule has 0 bridgehead atoms. The van der Waals surface area contributed by atoms with E-state index < -0.39 is 5.54 Å². The van der Waals surface area contributed by atoms with Gasteiger partial charge in [-0.05, 0) is 31.0 Å². The molecule has 2 aromatic rings. The minimum atomic E-state index is -0.635. The molecule has 1 amide bonds. The minimum Gasteiger partial charge on any atom is -0.394 e. The van der Waals surface area contributed by atoms with Gasteiger partial charge in [-0.2, -0.15) is 0 Å². The van der Waals surface area contributed by atoms with E-state index in [0.717, 1.165) is 4.70 Å². The van der Waals surface area contributed by atoms with Gasteiger partial charge in [0.2, 0.25) is 0 Å². The van der Waals surface area contributed by atoms with Gasteiger partial charge >= 0.3 is 0 Å². The van der Waals surface area contributed by atoms with E-state index in [2.05, 4.69) is 5.32 Å². The van der Waals surface area contributed by atoms with Gasteiger partial charge in [-0.25, -0.2) is 4.39 Å². The highest BCUT2D eigenvalue weighted by molar-refractivity contribution is 7.20. The fourth-order valence-corrected chi connectivity index (χ4v) is 3.49. The lowest BCUT2D eigenvalue weighted by Gasteiger charge is -2.36. The van der Waals surface area contributed by atoms with Crippen molar-refractivity contribution in [2.24, 2.45) is 0 Å². The lowest BCUT2D eigenvalue weighted by atomic mass is 9.91. The van der Waals surface area contributed by atoms with Gasteiger partial charge in [0, 0.05) is 23.3 Å². The molecule has 0 aliphatic carbocycles. The summed E-state index contributed by atoms with van der Waals surface area (Å²) >= 11 is 1.25. The minimum absolute atomic E-state index is 0.124. The first-order valence-electron chi connectivity index (χ1n) is 6.83. The van der Waals surface area contributed by atoms with Crippen LogP contribution in [-0.4, -0.2) is 36.4 Å². The van der Waals surface area contributed by atoms with Crippen LogP contribution < -0.4 is 5.32 Å². The van der Waals surface area contributed by atoms with Crippen molar-refractivity contribution in [1.29, 1.82) is 0 Å². The lowest BCUT2D eigenvalue weighted by Crippen LogP contribution is -2.54. The van der Waals surface area contributed by atoms with Gasteiger partial charge in [0.05, 0.1) is 17.0 Å². The molecular formula is C15H16FNO3S. The number of aliphatic hydroxyl groups excluding tert-OH is 1. The maximum atomic E-state index is 13.7. The van der Waals surface area contributed by atoms with Crippen molar-refractivity contribution in [3.05, 3.63) is 35.0 Å². The van der Waals surface area contributed by atoms with E-state index in [0.29, 0.717) is 36.3 Å². The van der Waals surface area contributed by atoms with Crippen molar-refractivity contribution in [3.63, 3.8) is 0 Å². The first kappa shape index (κ1) is 14.4. The van der Waals surface area contributed by atoms with Gasteiger partial charge < -0.3 is 15.2 Å². The number of hydrogen-bond acceptors (Lipinski definition) is 4. The molecule has 2 N–H and O–H groups in total. The number of carbonyl (C=O) groups excluding carboxylic acids is 1. The molecule has 1 fully saturated rings. The monoisotopic (exact) mass is 309 g/mol. The summed E-state index contributed by atoms with van der Waals surface area (Å²) in [6.45, 7) is 0.908. The van der Waals surface area contributed by atoms with Crippen LogP contribution in [0.2, 0.25) is 0 Å². The summed E-state index contributed by atoms with van der Waals surface area (Å²) in [6.07, 6.45) is 1.16. The van der Waals surface area contributed by atoms with Crippen molar-refractivity contribution >= 4 is 27.3 Å². The SMILES string of the molecule is O=C(NC1(CO)CCOCC1)c1cc2c(F)cccc2s1. The molecule has 1 saturated heterocycles. The van der Waals surface area contributed by atoms with Crippen LogP contribution in [0.3, 0.4) is 0 Å². The summed E-state index contributed by atoms with van der Waals surface area (Å²) in [5.41, 5.74) is -0.635. The van der Waals surface area contributed by atoms with E-state index >= 15 is 0 Å². The smallest absolute Gasteiger partial charge is 0.261 e. The van der Waals surface area contributed by atoms with Crippen molar-refractivity contribution in [3.8, 4) is 0 Å². The normalized spacial score (nSPS) is 17.8. The second-order valence-electron chi connectivity index (χ2n) is 5.27. The zero-order valence-electron chi connectivity index (χ0n) is 11.4. The number of halogens is 1. The van der Waals surface area contributed by atoms with Crippen molar-refractivity contribution in [2.45, 2.75) is 18.4 Å². The first-order valence-corrected chi connectivity index (χ1v) is 7.64. The number of rotatable bonds is 3. The highest BCUT2D eigenvalue weighted by Crippen LogP contribution is 2.28. The highest BCUT2D eigenvalue weighted by atomic mass is 32.1. The Labute approximate surface area is 125 Å². The van der Waals surface area contributed by atoms with Crippen LogP contribution in [0.4, 0.5) is 4.39 Å². The number of benzene rings is 1. The van der Waals surface area contributed by atoms with Gasteiger partial charge in [-0.1, -0.05) is 6.07 Å². The molecule has 6 heteroatoms. The molecule has 0 radical (unpaired) electrons. The Morgan fingerprint density at radius 3 is 2.86 bits per heavy atom. The van der Waals surface area contributed by atoms with E-state index in [-0.39, 0.29) is 18.3 Å². The molecule has 0 saturated carbocycles. The summed E-state index contributed by atoms with van der Waals surface area (Å²) in [5.74, 6) is -0.600. The zero-order chi connectivity index (χ0) is 14.9. The largest absolute Gasteiger partial charge is 0.394 e. The zero-order valence-corrected chi connectivity index (χ0v) is 12.2. The molecule has 112 valence electrons. The Kier molecular flexibility index (Phi) is 3.93. The van der Waals surface area contributed by atoms with Crippen molar-refractivity contribution < 1.29 is 19.0 Å². The van der Waals surface area contributed by atoms with Gasteiger partial charge in [0.15, 0.2) is 0 Å². The molecule has 1 aromatic carbocycles. The molecule has 0 spiro atoms. The highest BCUT2D eigenvalue weighted by Gasteiger charge is 2.34. The Morgan fingerprint density at radius 2 is 2.19 bits per heavy atom. The predicted octanol–water partition coefficient (Wildman–Crippen LogP) is 2.31. The van der Waals surface area contributed by atoms with Crippen LogP contribution in [0, 0.1) is 5.82 Å². The molecule has 21 heavy (non-hydrogen) atoms. The molecule has 1 aliphatic heterocycles. The summed E-state index contributed by atoms with van der Waals surface area (Å²) < 4.78 is 19.7. The third-order valence-electron chi connectivity index (χ3n) is 3.86. The number of aliphatic hydroxyl groups is 1. The quantitative estimate of drug-likeness (QED) is 0.915. The van der Waals surface area contributed by atoms with E-state index in [1.165, 1.54) is 17.4 Å². The van der Waals surface area contributed by atoms with Crippen LogP contribution in [0.5, 0.6) is 0 Å². The number of carbonyl (C=O) groups is 1.